The molecule has 0 radical (unpaired) electrons. The van der Waals surface area contributed by atoms with E-state index in [1.54, 1.807) is 26.5 Å². The first-order chi connectivity index (χ1) is 22.5. The predicted molar refractivity (Wildman–Crippen MR) is 181 cm³/mol. The number of carbonyl (C=O) groups is 3. The number of aliphatic hydroxyl groups excluding tert-OH is 1. The summed E-state index contributed by atoms with van der Waals surface area (Å²) in [5, 5.41) is 12.7. The van der Waals surface area contributed by atoms with E-state index in [2.05, 4.69) is 0 Å². The van der Waals surface area contributed by atoms with Gasteiger partial charge >= 0.3 is 0 Å². The Hall–Kier alpha value is -4.66. The first-order valence-electron chi connectivity index (χ1n) is 15.7. The summed E-state index contributed by atoms with van der Waals surface area (Å²) in [6, 6.07) is 31.2. The maximum Gasteiger partial charge on any atom is 0.251 e. The van der Waals surface area contributed by atoms with E-state index in [1.165, 1.54) is 0 Å². The number of carbonyl (C=O) groups excluding carboxylic acids is 3. The summed E-state index contributed by atoms with van der Waals surface area (Å²) < 4.78 is -1.00. The largest absolute Gasteiger partial charge is 0.394 e. The van der Waals surface area contributed by atoms with Gasteiger partial charge in [-0.05, 0) is 40.6 Å². The Kier molecular flexibility index (Phi) is 7.07. The lowest BCUT2D eigenvalue weighted by molar-refractivity contribution is -0.141. The van der Waals surface area contributed by atoms with Gasteiger partial charge in [0.25, 0.3) is 5.91 Å². The number of amides is 3. The number of hydrogen-bond donors (Lipinski definition) is 1. The standard InChI is InChI=1S/C38H33N3O4S/c42-24-30(26-12-3-1-4-13-26)41-34-37(45)40(29-19-18-25-11-7-8-14-27(25)23-29)22-10-20-38(34)33(36(41)44)32-31(46-38)17-9-21-39(35(32)43)28-15-5-2-6-16-28/h1-20,23,30-34,42H,21-22,24H2/t30-,31+,32-,33+,34?,38+/m1/s1. The quantitative estimate of drug-likeness (QED) is 0.301. The number of aliphatic hydroxyl groups is 1. The molecule has 0 aromatic heterocycles. The molecule has 8 rings (SSSR count). The van der Waals surface area contributed by atoms with Crippen LogP contribution >= 0.6 is 11.8 Å². The lowest BCUT2D eigenvalue weighted by atomic mass is 9.78. The number of nitrogens with zero attached hydrogens (tertiary/aromatic N) is 3. The van der Waals surface area contributed by atoms with Crippen LogP contribution in [0, 0.1) is 11.8 Å². The zero-order valence-corrected chi connectivity index (χ0v) is 25.9. The number of thioether (sulfide) groups is 1. The monoisotopic (exact) mass is 627 g/mol. The third-order valence-electron chi connectivity index (χ3n) is 9.90. The molecule has 4 aliphatic rings. The van der Waals surface area contributed by atoms with E-state index in [-0.39, 0.29) is 29.6 Å². The Morgan fingerprint density at radius 2 is 1.41 bits per heavy atom. The third kappa shape index (κ3) is 4.35. The van der Waals surface area contributed by atoms with Gasteiger partial charge < -0.3 is 19.8 Å². The number of anilines is 2. The molecule has 0 bridgehead atoms. The fourth-order valence-corrected chi connectivity index (χ4v) is 9.85. The molecule has 2 fully saturated rings. The maximum absolute atomic E-state index is 15.0. The topological polar surface area (TPSA) is 81.2 Å². The van der Waals surface area contributed by atoms with Gasteiger partial charge in [-0.3, -0.25) is 14.4 Å². The molecule has 7 nitrogen and oxygen atoms in total. The SMILES string of the molecule is O=C1C2N([C@H](CO)c3ccccc3)C(=O)[C@@H]3[C@@H]4C(=O)N(c5ccccc5)CC=C[C@@H]4S[C@]23C=CCN1c1ccc2ccccc2c1. The molecule has 1 N–H and O–H groups in total. The van der Waals surface area contributed by atoms with Crippen LogP contribution in [0.2, 0.25) is 0 Å². The van der Waals surface area contributed by atoms with E-state index in [0.29, 0.717) is 13.1 Å². The molecule has 3 amide bonds. The Labute approximate surface area is 271 Å². The van der Waals surface area contributed by atoms with Gasteiger partial charge in [-0.1, -0.05) is 103 Å². The second kappa shape index (κ2) is 11.3. The molecule has 46 heavy (non-hydrogen) atoms. The van der Waals surface area contributed by atoms with Crippen molar-refractivity contribution >= 4 is 51.6 Å². The summed E-state index contributed by atoms with van der Waals surface area (Å²) in [6.07, 6.45) is 8.05. The second-order valence-corrected chi connectivity index (χ2v) is 13.8. The molecule has 4 heterocycles. The number of likely N-dealkylation sites (tertiary alicyclic amines) is 1. The minimum absolute atomic E-state index is 0.124. The van der Waals surface area contributed by atoms with Crippen molar-refractivity contribution in [2.24, 2.45) is 11.8 Å². The summed E-state index contributed by atoms with van der Waals surface area (Å²) >= 11 is 1.55. The minimum Gasteiger partial charge on any atom is -0.394 e. The average Bonchev–Trinajstić information content (AvgIpc) is 3.41. The van der Waals surface area contributed by atoms with Gasteiger partial charge in [-0.25, -0.2) is 0 Å². The number of para-hydroxylation sites is 1. The molecule has 4 aromatic carbocycles. The van der Waals surface area contributed by atoms with E-state index in [1.807, 2.05) is 127 Å². The number of hydrogen-bond acceptors (Lipinski definition) is 5. The van der Waals surface area contributed by atoms with Crippen LogP contribution in [0.5, 0.6) is 0 Å². The molecule has 4 aliphatic heterocycles. The van der Waals surface area contributed by atoms with Crippen molar-refractivity contribution in [3.8, 4) is 0 Å². The third-order valence-corrected chi connectivity index (χ3v) is 11.6. The van der Waals surface area contributed by atoms with Crippen LogP contribution in [0.15, 0.2) is 127 Å². The summed E-state index contributed by atoms with van der Waals surface area (Å²) in [6.45, 7) is 0.380. The van der Waals surface area contributed by atoms with Crippen molar-refractivity contribution in [3.63, 3.8) is 0 Å². The molecule has 2 saturated heterocycles. The van der Waals surface area contributed by atoms with Gasteiger partial charge in [0.15, 0.2) is 0 Å². The highest BCUT2D eigenvalue weighted by molar-refractivity contribution is 8.02. The van der Waals surface area contributed by atoms with Crippen LogP contribution in [0.4, 0.5) is 11.4 Å². The highest BCUT2D eigenvalue weighted by Crippen LogP contribution is 2.62. The van der Waals surface area contributed by atoms with Gasteiger partial charge in [-0.2, -0.15) is 0 Å². The van der Waals surface area contributed by atoms with Crippen LogP contribution in [0.25, 0.3) is 10.8 Å². The zero-order chi connectivity index (χ0) is 31.4. The van der Waals surface area contributed by atoms with Gasteiger partial charge in [0.2, 0.25) is 11.8 Å². The van der Waals surface area contributed by atoms with E-state index in [4.69, 9.17) is 0 Å². The summed E-state index contributed by atoms with van der Waals surface area (Å²) in [7, 11) is 0. The van der Waals surface area contributed by atoms with E-state index < -0.39 is 28.7 Å². The lowest BCUT2D eigenvalue weighted by Crippen LogP contribution is -2.54. The second-order valence-electron chi connectivity index (χ2n) is 12.3. The number of rotatable bonds is 5. The van der Waals surface area contributed by atoms with Crippen LogP contribution in [-0.2, 0) is 14.4 Å². The Balaban J connectivity index is 1.27. The maximum atomic E-state index is 15.0. The minimum atomic E-state index is -1.00. The van der Waals surface area contributed by atoms with E-state index in [0.717, 1.165) is 27.7 Å². The molecule has 230 valence electrons. The van der Waals surface area contributed by atoms with Crippen molar-refractivity contribution in [3.05, 3.63) is 133 Å². The van der Waals surface area contributed by atoms with Crippen molar-refractivity contribution in [2.75, 3.05) is 29.5 Å². The van der Waals surface area contributed by atoms with Crippen LogP contribution < -0.4 is 9.80 Å². The van der Waals surface area contributed by atoms with Crippen molar-refractivity contribution < 1.29 is 19.5 Å². The predicted octanol–water partition coefficient (Wildman–Crippen LogP) is 5.38. The molecule has 1 unspecified atom stereocenters. The first kappa shape index (κ1) is 28.8. The molecule has 8 heteroatoms. The summed E-state index contributed by atoms with van der Waals surface area (Å²) in [4.78, 5) is 49.6. The molecule has 1 spiro atoms. The highest BCUT2D eigenvalue weighted by atomic mass is 32.2. The van der Waals surface area contributed by atoms with E-state index in [9.17, 15) is 14.7 Å². The van der Waals surface area contributed by atoms with Crippen molar-refractivity contribution in [2.45, 2.75) is 22.1 Å². The molecule has 0 saturated carbocycles. The van der Waals surface area contributed by atoms with Gasteiger partial charge in [0, 0.05) is 29.7 Å². The normalized spacial score (nSPS) is 27.8. The smallest absolute Gasteiger partial charge is 0.251 e. The van der Waals surface area contributed by atoms with Crippen molar-refractivity contribution in [1.29, 1.82) is 0 Å². The molecule has 6 atom stereocenters. The van der Waals surface area contributed by atoms with Crippen LogP contribution in [0.1, 0.15) is 11.6 Å². The van der Waals surface area contributed by atoms with Gasteiger partial charge in [-0.15, -0.1) is 11.8 Å². The fraction of sp³-hybridized carbons (Fsp3) is 0.237. The lowest BCUT2D eigenvalue weighted by Gasteiger charge is -2.38. The highest BCUT2D eigenvalue weighted by Gasteiger charge is 2.72. The van der Waals surface area contributed by atoms with Crippen LogP contribution in [0.3, 0.4) is 0 Å². The summed E-state index contributed by atoms with van der Waals surface area (Å²) in [5.41, 5.74) is 2.26. The molecule has 4 aromatic rings. The Morgan fingerprint density at radius 3 is 2.17 bits per heavy atom. The molecular formula is C38H33N3O4S. The van der Waals surface area contributed by atoms with Gasteiger partial charge in [0.05, 0.1) is 29.2 Å². The van der Waals surface area contributed by atoms with E-state index >= 15 is 4.79 Å². The van der Waals surface area contributed by atoms with Gasteiger partial charge in [0.1, 0.15) is 6.04 Å². The van der Waals surface area contributed by atoms with Crippen molar-refractivity contribution in [1.82, 2.24) is 4.90 Å². The Bertz CT molecular complexity index is 1900. The molecule has 0 aliphatic carbocycles. The average molecular weight is 628 g/mol. The number of benzene rings is 4. The fourth-order valence-electron chi connectivity index (χ4n) is 7.86. The Morgan fingerprint density at radius 1 is 0.739 bits per heavy atom. The number of fused-ring (bicyclic) bond motifs is 3. The molecular weight excluding hydrogens is 595 g/mol. The zero-order valence-electron chi connectivity index (χ0n) is 25.1. The first-order valence-corrected chi connectivity index (χ1v) is 16.6. The summed E-state index contributed by atoms with van der Waals surface area (Å²) in [5.74, 6) is -2.08. The van der Waals surface area contributed by atoms with Crippen LogP contribution in [-0.4, -0.2) is 63.5 Å².